The molecule has 0 bridgehead atoms. The molecule has 0 spiro atoms. The average Bonchev–Trinajstić information content (AvgIpc) is 2.08. The smallest absolute Gasteiger partial charge is 0.0705 e. The molecule has 1 nitrogen and oxygen atoms in total. The molecular formula is C12H11N. The Balaban J connectivity index is 2.56. The summed E-state index contributed by atoms with van der Waals surface area (Å²) in [6.45, 7) is 2.01. The van der Waals surface area contributed by atoms with Crippen LogP contribution in [0.3, 0.4) is 0 Å². The maximum atomic E-state index is 4.44. The lowest BCUT2D eigenvalue weighted by Crippen LogP contribution is -1.89. The molecule has 0 radical (unpaired) electrons. The van der Waals surface area contributed by atoms with Crippen LogP contribution in [-0.4, -0.2) is 4.98 Å². The maximum absolute atomic E-state index is 4.44. The van der Waals surface area contributed by atoms with E-state index >= 15 is 0 Å². The van der Waals surface area contributed by atoms with Gasteiger partial charge in [-0.2, -0.15) is 0 Å². The molecule has 0 atom stereocenters. The summed E-state index contributed by atoms with van der Waals surface area (Å²) < 4.78 is 0. The van der Waals surface area contributed by atoms with Crippen molar-refractivity contribution in [1.82, 2.24) is 4.98 Å². The van der Waals surface area contributed by atoms with Crippen LogP contribution < -0.4 is 0 Å². The normalized spacial score (nSPS) is 18.5. The fraction of sp³-hybridized carbons (Fsp3) is 0.0833. The number of hydrogen-bond donors (Lipinski definition) is 0. The highest BCUT2D eigenvalue weighted by Crippen LogP contribution is 2.13. The Bertz CT molecular complexity index is 398. The highest BCUT2D eigenvalue weighted by molar-refractivity contribution is 5.65. The topological polar surface area (TPSA) is 12.9 Å². The predicted octanol–water partition coefficient (Wildman–Crippen LogP) is 2.99. The van der Waals surface area contributed by atoms with Gasteiger partial charge in [0.25, 0.3) is 0 Å². The lowest BCUT2D eigenvalue weighted by Gasteiger charge is -2.02. The van der Waals surface area contributed by atoms with Crippen LogP contribution >= 0.6 is 0 Å². The second-order valence-corrected chi connectivity index (χ2v) is 3.03. The molecule has 0 saturated heterocycles. The van der Waals surface area contributed by atoms with E-state index in [4.69, 9.17) is 0 Å². The monoisotopic (exact) mass is 169 g/mol. The van der Waals surface area contributed by atoms with Crippen molar-refractivity contribution in [2.75, 3.05) is 0 Å². The zero-order chi connectivity index (χ0) is 9.10. The minimum absolute atomic E-state index is 1.04. The van der Waals surface area contributed by atoms with Crippen molar-refractivity contribution in [3.63, 3.8) is 0 Å². The molecule has 1 heterocycles. The zero-order valence-electron chi connectivity index (χ0n) is 7.57. The second-order valence-electron chi connectivity index (χ2n) is 3.03. The summed E-state index contributed by atoms with van der Waals surface area (Å²) in [6, 6.07) is 4.12. The van der Waals surface area contributed by atoms with Gasteiger partial charge < -0.3 is 0 Å². The van der Waals surface area contributed by atoms with E-state index in [2.05, 4.69) is 17.1 Å². The van der Waals surface area contributed by atoms with Crippen LogP contribution in [0.25, 0.3) is 12.2 Å². The van der Waals surface area contributed by atoms with Crippen molar-refractivity contribution in [3.05, 3.63) is 53.4 Å². The fourth-order valence-electron chi connectivity index (χ4n) is 1.30. The Morgan fingerprint density at radius 2 is 1.69 bits per heavy atom. The first kappa shape index (κ1) is 7.99. The van der Waals surface area contributed by atoms with E-state index in [9.17, 15) is 0 Å². The molecule has 0 amide bonds. The van der Waals surface area contributed by atoms with Gasteiger partial charge in [0, 0.05) is 11.3 Å². The van der Waals surface area contributed by atoms with E-state index in [1.54, 1.807) is 0 Å². The fourth-order valence-corrected chi connectivity index (χ4v) is 1.30. The summed E-state index contributed by atoms with van der Waals surface area (Å²) in [4.78, 5) is 4.44. The van der Waals surface area contributed by atoms with E-state index in [0.717, 1.165) is 11.4 Å². The summed E-state index contributed by atoms with van der Waals surface area (Å²) in [6.07, 6.45) is 12.2. The van der Waals surface area contributed by atoms with Gasteiger partial charge in [0.15, 0.2) is 0 Å². The molecule has 0 fully saturated rings. The number of rotatable bonds is 0. The number of pyridine rings is 1. The third-order valence-electron chi connectivity index (χ3n) is 1.96. The Hall–Kier alpha value is -1.63. The van der Waals surface area contributed by atoms with E-state index in [0.29, 0.717) is 0 Å². The summed E-state index contributed by atoms with van der Waals surface area (Å²) in [7, 11) is 0. The van der Waals surface area contributed by atoms with Gasteiger partial charge in [0.2, 0.25) is 0 Å². The Labute approximate surface area is 78.1 Å². The van der Waals surface area contributed by atoms with E-state index < -0.39 is 0 Å². The van der Waals surface area contributed by atoms with Crippen molar-refractivity contribution in [3.8, 4) is 0 Å². The molecule has 0 aliphatic heterocycles. The lowest BCUT2D eigenvalue weighted by molar-refractivity contribution is 1.17. The number of nitrogens with zero attached hydrogens (tertiary/aromatic N) is 1. The molecule has 13 heavy (non-hydrogen) atoms. The standard InChI is InChI=1S/C12H11N/c1-10-8-9-11-6-4-2-3-5-7-12(11)13-10/h2-9H,1H3/b3-2-,4-2?,5-3?,6-4?,7-5-,11-6?,12-7?. The van der Waals surface area contributed by atoms with Gasteiger partial charge in [0.05, 0.1) is 5.69 Å². The molecule has 1 aromatic heterocycles. The predicted molar refractivity (Wildman–Crippen MR) is 56.2 cm³/mol. The number of fused-ring (bicyclic) bond motifs is 1. The van der Waals surface area contributed by atoms with Crippen LogP contribution in [-0.2, 0) is 0 Å². The Kier molecular flexibility index (Phi) is 2.09. The summed E-state index contributed by atoms with van der Waals surface area (Å²) in [5.74, 6) is 0. The SMILES string of the molecule is Cc1ccc2c(n1)/C=C\C=C/C=C2. The molecule has 1 aromatic rings. The second kappa shape index (κ2) is 3.40. The molecule has 1 aliphatic rings. The highest BCUT2D eigenvalue weighted by Gasteiger charge is 1.97. The Morgan fingerprint density at radius 1 is 0.923 bits per heavy atom. The molecule has 0 saturated carbocycles. The summed E-state index contributed by atoms with van der Waals surface area (Å²) >= 11 is 0. The number of allylic oxidation sites excluding steroid dienone is 4. The zero-order valence-corrected chi connectivity index (χ0v) is 7.57. The van der Waals surface area contributed by atoms with E-state index in [1.807, 2.05) is 43.4 Å². The van der Waals surface area contributed by atoms with Gasteiger partial charge in [-0.05, 0) is 19.1 Å². The number of aromatic nitrogens is 1. The van der Waals surface area contributed by atoms with Gasteiger partial charge >= 0.3 is 0 Å². The van der Waals surface area contributed by atoms with E-state index in [1.165, 1.54) is 5.56 Å². The third kappa shape index (κ3) is 1.75. The molecule has 1 aliphatic carbocycles. The lowest BCUT2D eigenvalue weighted by atomic mass is 10.1. The maximum Gasteiger partial charge on any atom is 0.0705 e. The van der Waals surface area contributed by atoms with Crippen LogP contribution in [0.5, 0.6) is 0 Å². The van der Waals surface area contributed by atoms with Gasteiger partial charge in [-0.1, -0.05) is 36.4 Å². The molecule has 0 aromatic carbocycles. The van der Waals surface area contributed by atoms with Crippen molar-refractivity contribution >= 4 is 12.2 Å². The van der Waals surface area contributed by atoms with Gasteiger partial charge in [-0.3, -0.25) is 4.98 Å². The summed E-state index contributed by atoms with van der Waals surface area (Å²) in [5, 5.41) is 0. The largest absolute Gasteiger partial charge is 0.253 e. The van der Waals surface area contributed by atoms with Crippen molar-refractivity contribution in [1.29, 1.82) is 0 Å². The van der Waals surface area contributed by atoms with Crippen molar-refractivity contribution in [2.45, 2.75) is 6.92 Å². The van der Waals surface area contributed by atoms with Crippen LogP contribution in [0.2, 0.25) is 0 Å². The molecule has 64 valence electrons. The molecular weight excluding hydrogens is 158 g/mol. The molecule has 1 heteroatoms. The summed E-state index contributed by atoms with van der Waals surface area (Å²) in [5.41, 5.74) is 3.27. The van der Waals surface area contributed by atoms with E-state index in [-0.39, 0.29) is 0 Å². The molecule has 0 N–H and O–H groups in total. The first-order chi connectivity index (χ1) is 6.36. The first-order valence-electron chi connectivity index (χ1n) is 4.35. The number of aryl methyl sites for hydroxylation is 1. The quantitative estimate of drug-likeness (QED) is 0.581. The van der Waals surface area contributed by atoms with Gasteiger partial charge in [-0.25, -0.2) is 0 Å². The van der Waals surface area contributed by atoms with Crippen LogP contribution in [0, 0.1) is 6.92 Å². The minimum Gasteiger partial charge on any atom is -0.253 e. The minimum atomic E-state index is 1.04. The van der Waals surface area contributed by atoms with Crippen LogP contribution in [0.1, 0.15) is 17.0 Å². The molecule has 0 unspecified atom stereocenters. The van der Waals surface area contributed by atoms with Crippen molar-refractivity contribution in [2.24, 2.45) is 0 Å². The average molecular weight is 169 g/mol. The highest BCUT2D eigenvalue weighted by atomic mass is 14.7. The van der Waals surface area contributed by atoms with Crippen LogP contribution in [0.15, 0.2) is 36.4 Å². The van der Waals surface area contributed by atoms with Gasteiger partial charge in [0.1, 0.15) is 0 Å². The number of hydrogen-bond acceptors (Lipinski definition) is 1. The van der Waals surface area contributed by atoms with Crippen LogP contribution in [0.4, 0.5) is 0 Å². The van der Waals surface area contributed by atoms with Crippen molar-refractivity contribution < 1.29 is 0 Å². The first-order valence-corrected chi connectivity index (χ1v) is 4.35. The van der Waals surface area contributed by atoms with Gasteiger partial charge in [-0.15, -0.1) is 0 Å². The third-order valence-corrected chi connectivity index (χ3v) is 1.96. The molecule has 2 rings (SSSR count). The Morgan fingerprint density at radius 3 is 2.54 bits per heavy atom.